The molecule has 0 N–H and O–H groups in total. The number of rotatable bonds is 4. The van der Waals surface area contributed by atoms with Crippen molar-refractivity contribution in [1.29, 1.82) is 15.8 Å². The Kier molecular flexibility index (Phi) is 6.56. The molecule has 50 heavy (non-hydrogen) atoms. The van der Waals surface area contributed by atoms with Gasteiger partial charge in [-0.25, -0.2) is 0 Å². The molecule has 0 aliphatic carbocycles. The molecule has 0 saturated heterocycles. The van der Waals surface area contributed by atoms with E-state index in [1.165, 1.54) is 10.8 Å². The highest BCUT2D eigenvalue weighted by Crippen LogP contribution is 2.40. The first-order valence-corrected chi connectivity index (χ1v) is 16.3. The Morgan fingerprint density at radius 3 is 1.48 bits per heavy atom. The van der Waals surface area contributed by atoms with Crippen LogP contribution in [0, 0.1) is 34.0 Å². The van der Waals surface area contributed by atoms with Gasteiger partial charge < -0.3 is 9.13 Å². The standard InChI is InChI=1S/C45H25N5/c46-26-29-17-19-44-39(21-29)40-22-30(27-47)18-20-45(40)49(44)34-24-32(35-10-2-1-9-31(35)28-48)23-33(25-34)36-11-3-6-14-41(36)50-42-15-7-4-12-37(42)38-13-5-8-16-43(38)50/h1-25H. The number of aromatic nitrogens is 2. The van der Waals surface area contributed by atoms with E-state index in [-0.39, 0.29) is 0 Å². The molecule has 0 fully saturated rings. The van der Waals surface area contributed by atoms with Crippen LogP contribution in [0.5, 0.6) is 0 Å². The van der Waals surface area contributed by atoms with E-state index in [1.54, 1.807) is 0 Å². The highest BCUT2D eigenvalue weighted by Gasteiger charge is 2.19. The van der Waals surface area contributed by atoms with E-state index in [9.17, 15) is 15.8 Å². The first-order chi connectivity index (χ1) is 24.7. The lowest BCUT2D eigenvalue weighted by Crippen LogP contribution is -2.00. The summed E-state index contributed by atoms with van der Waals surface area (Å²) in [4.78, 5) is 0. The molecular formula is C45H25N5. The molecule has 0 aliphatic rings. The molecule has 0 spiro atoms. The molecule has 2 heterocycles. The van der Waals surface area contributed by atoms with Gasteiger partial charge in [-0.2, -0.15) is 15.8 Å². The molecule has 0 radical (unpaired) electrons. The van der Waals surface area contributed by atoms with Crippen LogP contribution in [-0.4, -0.2) is 9.13 Å². The fourth-order valence-corrected chi connectivity index (χ4v) is 7.42. The summed E-state index contributed by atoms with van der Waals surface area (Å²) >= 11 is 0. The average molecular weight is 636 g/mol. The molecular weight excluding hydrogens is 611 g/mol. The lowest BCUT2D eigenvalue weighted by atomic mass is 9.94. The van der Waals surface area contributed by atoms with Gasteiger partial charge in [0.05, 0.1) is 62.7 Å². The van der Waals surface area contributed by atoms with Gasteiger partial charge in [-0.1, -0.05) is 72.8 Å². The second-order valence-corrected chi connectivity index (χ2v) is 12.3. The molecule has 9 aromatic rings. The van der Waals surface area contributed by atoms with Gasteiger partial charge in [0.15, 0.2) is 0 Å². The molecule has 5 heteroatoms. The van der Waals surface area contributed by atoms with Gasteiger partial charge in [-0.3, -0.25) is 0 Å². The topological polar surface area (TPSA) is 81.2 Å². The Hall–Kier alpha value is -7.39. The summed E-state index contributed by atoms with van der Waals surface area (Å²) in [6, 6.07) is 58.0. The maximum atomic E-state index is 10.2. The van der Waals surface area contributed by atoms with Crippen molar-refractivity contribution in [3.8, 4) is 51.8 Å². The summed E-state index contributed by atoms with van der Waals surface area (Å²) in [5.74, 6) is 0. The van der Waals surface area contributed by atoms with E-state index in [1.807, 2.05) is 60.7 Å². The van der Waals surface area contributed by atoms with Crippen LogP contribution >= 0.6 is 0 Å². The van der Waals surface area contributed by atoms with Gasteiger partial charge in [-0.05, 0) is 95.6 Å². The van der Waals surface area contributed by atoms with Gasteiger partial charge in [0, 0.05) is 32.8 Å². The number of benzene rings is 7. The summed E-state index contributed by atoms with van der Waals surface area (Å²) in [7, 11) is 0. The first kappa shape index (κ1) is 28.8. The van der Waals surface area contributed by atoms with Crippen molar-refractivity contribution in [2.75, 3.05) is 0 Å². The largest absolute Gasteiger partial charge is 0.309 e. The fraction of sp³-hybridized carbons (Fsp3) is 0. The monoisotopic (exact) mass is 635 g/mol. The molecule has 5 nitrogen and oxygen atoms in total. The van der Waals surface area contributed by atoms with Gasteiger partial charge in [0.25, 0.3) is 0 Å². The second kappa shape index (κ2) is 11.4. The summed E-state index contributed by atoms with van der Waals surface area (Å²) in [5.41, 5.74) is 11.5. The molecule has 0 amide bonds. The lowest BCUT2D eigenvalue weighted by molar-refractivity contribution is 1.17. The van der Waals surface area contributed by atoms with Crippen molar-refractivity contribution in [2.24, 2.45) is 0 Å². The Morgan fingerprint density at radius 2 is 0.880 bits per heavy atom. The molecule has 7 aromatic carbocycles. The molecule has 0 aliphatic heterocycles. The quantitative estimate of drug-likeness (QED) is 0.193. The Bertz CT molecular complexity index is 2850. The third-order valence-electron chi connectivity index (χ3n) is 9.59. The zero-order chi connectivity index (χ0) is 33.8. The minimum atomic E-state index is 0.552. The van der Waals surface area contributed by atoms with E-state index in [0.29, 0.717) is 16.7 Å². The van der Waals surface area contributed by atoms with Crippen LogP contribution in [0.4, 0.5) is 0 Å². The first-order valence-electron chi connectivity index (χ1n) is 16.3. The molecule has 0 unspecified atom stereocenters. The molecule has 9 rings (SSSR count). The van der Waals surface area contributed by atoms with E-state index < -0.39 is 0 Å². The van der Waals surface area contributed by atoms with Crippen molar-refractivity contribution >= 4 is 43.6 Å². The summed E-state index contributed by atoms with van der Waals surface area (Å²) in [6.07, 6.45) is 0. The SMILES string of the molecule is N#Cc1ccc2c(c1)c1cc(C#N)ccc1n2-c1cc(-c2ccccc2C#N)cc(-c2ccccc2-n2c3ccccc3c3ccccc32)c1. The molecule has 0 atom stereocenters. The van der Waals surface area contributed by atoms with E-state index in [2.05, 4.69) is 118 Å². The summed E-state index contributed by atoms with van der Waals surface area (Å²) in [6.45, 7) is 0. The smallest absolute Gasteiger partial charge is 0.0998 e. The van der Waals surface area contributed by atoms with E-state index >= 15 is 0 Å². The van der Waals surface area contributed by atoms with E-state index in [4.69, 9.17) is 0 Å². The minimum Gasteiger partial charge on any atom is -0.309 e. The molecule has 0 bridgehead atoms. The third-order valence-corrected chi connectivity index (χ3v) is 9.59. The van der Waals surface area contributed by atoms with Crippen molar-refractivity contribution < 1.29 is 0 Å². The minimum absolute atomic E-state index is 0.552. The fourth-order valence-electron chi connectivity index (χ4n) is 7.42. The number of hydrogen-bond donors (Lipinski definition) is 0. The molecule has 2 aromatic heterocycles. The van der Waals surface area contributed by atoms with Crippen LogP contribution in [0.15, 0.2) is 152 Å². The Morgan fingerprint density at radius 1 is 0.380 bits per heavy atom. The number of nitriles is 3. The van der Waals surface area contributed by atoms with E-state index in [0.717, 1.165) is 66.5 Å². The summed E-state index contributed by atoms with van der Waals surface area (Å²) < 4.78 is 4.53. The maximum absolute atomic E-state index is 10.2. The highest BCUT2D eigenvalue weighted by molar-refractivity contribution is 6.11. The van der Waals surface area contributed by atoms with Crippen molar-refractivity contribution in [2.45, 2.75) is 0 Å². The van der Waals surface area contributed by atoms with Crippen LogP contribution < -0.4 is 0 Å². The normalized spacial score (nSPS) is 11.1. The van der Waals surface area contributed by atoms with Gasteiger partial charge in [0.1, 0.15) is 0 Å². The predicted molar refractivity (Wildman–Crippen MR) is 200 cm³/mol. The lowest BCUT2D eigenvalue weighted by Gasteiger charge is -2.18. The van der Waals surface area contributed by atoms with Crippen LogP contribution in [-0.2, 0) is 0 Å². The van der Waals surface area contributed by atoms with Crippen molar-refractivity contribution in [3.05, 3.63) is 168 Å². The maximum Gasteiger partial charge on any atom is 0.0998 e. The summed E-state index contributed by atoms with van der Waals surface area (Å²) in [5, 5.41) is 33.9. The number of hydrogen-bond acceptors (Lipinski definition) is 3. The van der Waals surface area contributed by atoms with Gasteiger partial charge >= 0.3 is 0 Å². The van der Waals surface area contributed by atoms with Crippen molar-refractivity contribution in [1.82, 2.24) is 9.13 Å². The Labute approximate surface area is 287 Å². The van der Waals surface area contributed by atoms with Crippen LogP contribution in [0.1, 0.15) is 16.7 Å². The number of fused-ring (bicyclic) bond motifs is 6. The van der Waals surface area contributed by atoms with Gasteiger partial charge in [-0.15, -0.1) is 0 Å². The second-order valence-electron chi connectivity index (χ2n) is 12.3. The predicted octanol–water partition coefficient (Wildman–Crippen LogP) is 10.8. The van der Waals surface area contributed by atoms with Gasteiger partial charge in [0.2, 0.25) is 0 Å². The highest BCUT2D eigenvalue weighted by atomic mass is 15.0. The van der Waals surface area contributed by atoms with Crippen LogP contribution in [0.3, 0.4) is 0 Å². The average Bonchev–Trinajstić information content (AvgIpc) is 3.69. The number of nitrogens with zero attached hydrogens (tertiary/aromatic N) is 5. The number of para-hydroxylation sites is 3. The molecule has 230 valence electrons. The Balaban J connectivity index is 1.38. The van der Waals surface area contributed by atoms with Crippen LogP contribution in [0.25, 0.3) is 77.2 Å². The molecule has 0 saturated carbocycles. The van der Waals surface area contributed by atoms with Crippen LogP contribution in [0.2, 0.25) is 0 Å². The van der Waals surface area contributed by atoms with Crippen molar-refractivity contribution in [3.63, 3.8) is 0 Å². The zero-order valence-corrected chi connectivity index (χ0v) is 26.7. The zero-order valence-electron chi connectivity index (χ0n) is 26.7. The third kappa shape index (κ3) is 4.38.